The van der Waals surface area contributed by atoms with Crippen LogP contribution in [0.4, 0.5) is 0 Å². The molecule has 7 heteroatoms. The summed E-state index contributed by atoms with van der Waals surface area (Å²) in [6.07, 6.45) is -0.00110. The van der Waals surface area contributed by atoms with E-state index in [1.807, 2.05) is 27.7 Å². The van der Waals surface area contributed by atoms with E-state index in [0.29, 0.717) is 11.2 Å². The van der Waals surface area contributed by atoms with Crippen LogP contribution in [0.2, 0.25) is 0 Å². The monoisotopic (exact) mass is 278 g/mol. The molecule has 2 heterocycles. The maximum atomic E-state index is 12.1. The molecule has 1 fully saturated rings. The highest BCUT2D eigenvalue weighted by Crippen LogP contribution is 2.36. The van der Waals surface area contributed by atoms with Crippen molar-refractivity contribution in [3.05, 3.63) is 28.2 Å². The fourth-order valence-electron chi connectivity index (χ4n) is 1.97. The number of hydrogen-bond donors (Lipinski definition) is 2. The van der Waals surface area contributed by atoms with Gasteiger partial charge in [-0.3, -0.25) is 9.59 Å². The van der Waals surface area contributed by atoms with Crippen molar-refractivity contribution in [2.75, 3.05) is 0 Å². The molecule has 108 valence electrons. The number of aromatic amines is 1. The molecular formula is C13H19BN2O4. The molecule has 2 rings (SSSR count). The van der Waals surface area contributed by atoms with Crippen LogP contribution in [0.15, 0.2) is 16.9 Å². The Hall–Kier alpha value is -1.60. The van der Waals surface area contributed by atoms with E-state index < -0.39 is 24.2 Å². The average molecular weight is 278 g/mol. The lowest BCUT2D eigenvalue weighted by Gasteiger charge is -2.32. The molecule has 6 nitrogen and oxygen atoms in total. The second-order valence-electron chi connectivity index (χ2n) is 6.00. The minimum Gasteiger partial charge on any atom is -0.399 e. The number of H-pyrrole nitrogens is 1. The predicted molar refractivity (Wildman–Crippen MR) is 75.7 cm³/mol. The number of rotatable bonds is 3. The predicted octanol–water partition coefficient (Wildman–Crippen LogP) is -0.298. The Labute approximate surface area is 117 Å². The topological polar surface area (TPSA) is 94.4 Å². The Morgan fingerprint density at radius 1 is 1.25 bits per heavy atom. The van der Waals surface area contributed by atoms with E-state index in [1.54, 1.807) is 12.1 Å². The third-order valence-electron chi connectivity index (χ3n) is 3.87. The Morgan fingerprint density at radius 2 is 1.80 bits per heavy atom. The molecule has 3 N–H and O–H groups in total. The SMILES string of the molecule is CC1(C)OB(c2ccc(CC(N)=O)[nH]c2=O)OC1(C)C. The number of aromatic nitrogens is 1. The zero-order valence-corrected chi connectivity index (χ0v) is 12.1. The van der Waals surface area contributed by atoms with Crippen LogP contribution in [0, 0.1) is 0 Å². The van der Waals surface area contributed by atoms with Gasteiger partial charge in [0.2, 0.25) is 11.5 Å². The summed E-state index contributed by atoms with van der Waals surface area (Å²) in [6, 6.07) is 3.26. The highest BCUT2D eigenvalue weighted by atomic mass is 16.7. The van der Waals surface area contributed by atoms with E-state index >= 15 is 0 Å². The van der Waals surface area contributed by atoms with Crippen molar-refractivity contribution in [2.24, 2.45) is 5.73 Å². The molecule has 1 aromatic rings. The van der Waals surface area contributed by atoms with E-state index in [1.165, 1.54) is 0 Å². The first kappa shape index (κ1) is 14.8. The zero-order chi connectivity index (χ0) is 15.1. The lowest BCUT2D eigenvalue weighted by Crippen LogP contribution is -2.45. The number of pyridine rings is 1. The van der Waals surface area contributed by atoms with Crippen LogP contribution in [0.3, 0.4) is 0 Å². The summed E-state index contributed by atoms with van der Waals surface area (Å²) in [5.41, 5.74) is 4.62. The van der Waals surface area contributed by atoms with Crippen molar-refractivity contribution in [3.8, 4) is 0 Å². The van der Waals surface area contributed by atoms with Crippen molar-refractivity contribution in [1.29, 1.82) is 0 Å². The van der Waals surface area contributed by atoms with Gasteiger partial charge in [-0.05, 0) is 33.8 Å². The van der Waals surface area contributed by atoms with Gasteiger partial charge in [0.05, 0.1) is 17.6 Å². The molecule has 0 aliphatic carbocycles. The normalized spacial score (nSPS) is 20.1. The Kier molecular flexibility index (Phi) is 3.52. The Morgan fingerprint density at radius 3 is 2.25 bits per heavy atom. The fourth-order valence-corrected chi connectivity index (χ4v) is 1.97. The van der Waals surface area contributed by atoms with Gasteiger partial charge in [-0.25, -0.2) is 0 Å². The molecule has 0 atom stereocenters. The number of nitrogens with one attached hydrogen (secondary N) is 1. The number of carbonyl (C=O) groups is 1. The third kappa shape index (κ3) is 2.64. The largest absolute Gasteiger partial charge is 0.500 e. The molecular weight excluding hydrogens is 259 g/mol. The van der Waals surface area contributed by atoms with Gasteiger partial charge in [0, 0.05) is 11.2 Å². The van der Waals surface area contributed by atoms with Crippen molar-refractivity contribution in [1.82, 2.24) is 4.98 Å². The van der Waals surface area contributed by atoms with Crippen molar-refractivity contribution < 1.29 is 14.1 Å². The molecule has 0 aromatic carbocycles. The summed E-state index contributed by atoms with van der Waals surface area (Å²) in [6.45, 7) is 7.68. The van der Waals surface area contributed by atoms with Crippen molar-refractivity contribution in [3.63, 3.8) is 0 Å². The van der Waals surface area contributed by atoms with Gasteiger partial charge < -0.3 is 20.0 Å². The highest BCUT2D eigenvalue weighted by molar-refractivity contribution is 6.61. The summed E-state index contributed by atoms with van der Waals surface area (Å²) in [5, 5.41) is 0. The summed E-state index contributed by atoms with van der Waals surface area (Å²) in [7, 11) is -0.716. The van der Waals surface area contributed by atoms with Gasteiger partial charge in [-0.2, -0.15) is 0 Å². The van der Waals surface area contributed by atoms with Gasteiger partial charge in [-0.1, -0.05) is 6.07 Å². The summed E-state index contributed by atoms with van der Waals surface area (Å²) >= 11 is 0. The summed E-state index contributed by atoms with van der Waals surface area (Å²) in [4.78, 5) is 25.5. The second-order valence-corrected chi connectivity index (χ2v) is 6.00. The van der Waals surface area contributed by atoms with E-state index in [0.717, 1.165) is 0 Å². The van der Waals surface area contributed by atoms with E-state index in [-0.39, 0.29) is 12.0 Å². The molecule has 1 aromatic heterocycles. The molecule has 0 unspecified atom stereocenters. The number of nitrogens with two attached hydrogens (primary N) is 1. The van der Waals surface area contributed by atoms with Crippen LogP contribution in [-0.4, -0.2) is 29.2 Å². The van der Waals surface area contributed by atoms with Gasteiger partial charge in [0.1, 0.15) is 0 Å². The van der Waals surface area contributed by atoms with Crippen LogP contribution in [-0.2, 0) is 20.5 Å². The van der Waals surface area contributed by atoms with Crippen molar-refractivity contribution >= 4 is 18.5 Å². The summed E-state index contributed by atoms with van der Waals surface area (Å²) < 4.78 is 11.6. The first-order valence-corrected chi connectivity index (χ1v) is 6.48. The van der Waals surface area contributed by atoms with Gasteiger partial charge >= 0.3 is 7.12 Å². The first-order chi connectivity index (χ1) is 9.12. The Bertz CT molecular complexity index is 578. The highest BCUT2D eigenvalue weighted by Gasteiger charge is 2.52. The van der Waals surface area contributed by atoms with Gasteiger partial charge in [-0.15, -0.1) is 0 Å². The first-order valence-electron chi connectivity index (χ1n) is 6.48. The fraction of sp³-hybridized carbons (Fsp3) is 0.538. The molecule has 0 saturated carbocycles. The standard InChI is InChI=1S/C13H19BN2O4/c1-12(2)13(3,4)20-14(19-12)9-6-5-8(7-10(15)17)16-11(9)18/h5-6H,7H2,1-4H3,(H2,15,17)(H,16,18). The second kappa shape index (κ2) is 4.75. The van der Waals surface area contributed by atoms with Crippen LogP contribution < -0.4 is 16.8 Å². The molecule has 0 radical (unpaired) electrons. The summed E-state index contributed by atoms with van der Waals surface area (Å²) in [5.74, 6) is -0.496. The van der Waals surface area contributed by atoms with Crippen molar-refractivity contribution in [2.45, 2.75) is 45.3 Å². The number of amides is 1. The molecule has 20 heavy (non-hydrogen) atoms. The maximum Gasteiger partial charge on any atom is 0.500 e. The molecule has 1 aliphatic heterocycles. The lowest BCUT2D eigenvalue weighted by molar-refractivity contribution is -0.117. The molecule has 1 saturated heterocycles. The lowest BCUT2D eigenvalue weighted by atomic mass is 9.80. The smallest absolute Gasteiger partial charge is 0.399 e. The van der Waals surface area contributed by atoms with E-state index in [2.05, 4.69) is 4.98 Å². The number of carbonyl (C=O) groups excluding carboxylic acids is 1. The molecule has 0 spiro atoms. The molecule has 0 bridgehead atoms. The minimum atomic E-state index is -0.716. The quantitative estimate of drug-likeness (QED) is 0.742. The van der Waals surface area contributed by atoms with Gasteiger partial charge in [0.15, 0.2) is 0 Å². The third-order valence-corrected chi connectivity index (χ3v) is 3.87. The Balaban J connectivity index is 2.28. The van der Waals surface area contributed by atoms with Crippen LogP contribution in [0.1, 0.15) is 33.4 Å². The molecule has 1 aliphatic rings. The minimum absolute atomic E-state index is 0.00110. The van der Waals surface area contributed by atoms with Gasteiger partial charge in [0.25, 0.3) is 0 Å². The molecule has 1 amide bonds. The zero-order valence-electron chi connectivity index (χ0n) is 12.1. The number of hydrogen-bond acceptors (Lipinski definition) is 4. The van der Waals surface area contributed by atoms with Crippen LogP contribution >= 0.6 is 0 Å². The maximum absolute atomic E-state index is 12.1. The van der Waals surface area contributed by atoms with E-state index in [4.69, 9.17) is 15.0 Å². The number of primary amides is 1. The van der Waals surface area contributed by atoms with Crippen LogP contribution in [0.5, 0.6) is 0 Å². The van der Waals surface area contributed by atoms with E-state index in [9.17, 15) is 9.59 Å². The van der Waals surface area contributed by atoms with Crippen LogP contribution in [0.25, 0.3) is 0 Å². The average Bonchev–Trinajstić information content (AvgIpc) is 2.46.